The van der Waals surface area contributed by atoms with E-state index >= 15 is 0 Å². The zero-order valence-corrected chi connectivity index (χ0v) is 22.6. The minimum Gasteiger partial charge on any atom is -0.494 e. The number of benzene rings is 3. The maximum Gasteiger partial charge on any atom is 0.329 e. The fraction of sp³-hybridized carbons (Fsp3) is 0.241. The molecular weight excluding hydrogens is 516 g/mol. The molecule has 3 amide bonds. The molecule has 3 aromatic carbocycles. The van der Waals surface area contributed by atoms with Gasteiger partial charge in [0.05, 0.1) is 31.7 Å². The molecule has 3 N–H and O–H groups in total. The molecular formula is C29H32N4O7. The van der Waals surface area contributed by atoms with Gasteiger partial charge in [-0.3, -0.25) is 14.4 Å². The van der Waals surface area contributed by atoms with E-state index in [4.69, 9.17) is 18.9 Å². The van der Waals surface area contributed by atoms with Crippen LogP contribution in [0.15, 0.2) is 71.8 Å². The summed E-state index contributed by atoms with van der Waals surface area (Å²) >= 11 is 0. The second-order valence-electron chi connectivity index (χ2n) is 8.02. The maximum atomic E-state index is 12.4. The van der Waals surface area contributed by atoms with Gasteiger partial charge in [0, 0.05) is 5.69 Å². The standard InChI is InChI=1S/C29H32N4O7/c1-4-37-22-14-12-21(13-15-22)31-27(34)19-40-25-16-11-20(17-26(25)39-6-3)18-30-33-29(36)28(35)32-23-9-7-8-10-24(23)38-5-2/h7-18H,4-6,19H2,1-3H3,(H,31,34)(H,32,35)(H,33,36)/b30-18-. The van der Waals surface area contributed by atoms with E-state index in [-0.39, 0.29) is 12.5 Å². The first kappa shape index (κ1) is 29.5. The van der Waals surface area contributed by atoms with Gasteiger partial charge >= 0.3 is 11.8 Å². The van der Waals surface area contributed by atoms with Crippen LogP contribution in [0.5, 0.6) is 23.0 Å². The normalized spacial score (nSPS) is 10.5. The lowest BCUT2D eigenvalue weighted by atomic mass is 10.2. The molecule has 0 saturated carbocycles. The Morgan fingerprint density at radius 3 is 2.15 bits per heavy atom. The first-order chi connectivity index (χ1) is 19.4. The number of hydrogen-bond acceptors (Lipinski definition) is 8. The predicted molar refractivity (Wildman–Crippen MR) is 151 cm³/mol. The summed E-state index contributed by atoms with van der Waals surface area (Å²) in [6.45, 7) is 6.61. The molecule has 0 heterocycles. The molecule has 40 heavy (non-hydrogen) atoms. The van der Waals surface area contributed by atoms with Crippen LogP contribution in [0.4, 0.5) is 11.4 Å². The Labute approximate surface area is 232 Å². The van der Waals surface area contributed by atoms with Crippen molar-refractivity contribution in [2.24, 2.45) is 5.10 Å². The third kappa shape index (κ3) is 9.05. The molecule has 0 aliphatic rings. The number of carbonyl (C=O) groups is 3. The van der Waals surface area contributed by atoms with Crippen LogP contribution in [0.3, 0.4) is 0 Å². The molecule has 0 atom stereocenters. The van der Waals surface area contributed by atoms with Gasteiger partial charge in [0.25, 0.3) is 5.91 Å². The second-order valence-corrected chi connectivity index (χ2v) is 8.02. The van der Waals surface area contributed by atoms with E-state index in [2.05, 4.69) is 21.2 Å². The summed E-state index contributed by atoms with van der Waals surface area (Å²) in [7, 11) is 0. The molecule has 3 rings (SSSR count). The van der Waals surface area contributed by atoms with Gasteiger partial charge in [-0.2, -0.15) is 5.10 Å². The lowest BCUT2D eigenvalue weighted by Crippen LogP contribution is -2.32. The summed E-state index contributed by atoms with van der Waals surface area (Å²) in [4.78, 5) is 36.8. The van der Waals surface area contributed by atoms with E-state index in [1.807, 2.05) is 20.8 Å². The highest BCUT2D eigenvalue weighted by Crippen LogP contribution is 2.28. The van der Waals surface area contributed by atoms with Gasteiger partial charge < -0.3 is 29.6 Å². The number of rotatable bonds is 13. The van der Waals surface area contributed by atoms with Crippen LogP contribution in [0, 0.1) is 0 Å². The van der Waals surface area contributed by atoms with Crippen molar-refractivity contribution in [2.45, 2.75) is 20.8 Å². The first-order valence-corrected chi connectivity index (χ1v) is 12.7. The van der Waals surface area contributed by atoms with E-state index in [9.17, 15) is 14.4 Å². The van der Waals surface area contributed by atoms with Crippen molar-refractivity contribution < 1.29 is 33.3 Å². The quantitative estimate of drug-likeness (QED) is 0.167. The molecule has 0 bridgehead atoms. The molecule has 0 aliphatic carbocycles. The third-order valence-corrected chi connectivity index (χ3v) is 5.10. The smallest absolute Gasteiger partial charge is 0.329 e. The lowest BCUT2D eigenvalue weighted by molar-refractivity contribution is -0.136. The van der Waals surface area contributed by atoms with Gasteiger partial charge in [-0.1, -0.05) is 12.1 Å². The zero-order valence-electron chi connectivity index (χ0n) is 22.6. The highest BCUT2D eigenvalue weighted by Gasteiger charge is 2.15. The Morgan fingerprint density at radius 2 is 1.43 bits per heavy atom. The topological polar surface area (TPSA) is 137 Å². The van der Waals surface area contributed by atoms with Crippen molar-refractivity contribution >= 4 is 35.3 Å². The van der Waals surface area contributed by atoms with Gasteiger partial charge in [0.1, 0.15) is 11.5 Å². The average molecular weight is 549 g/mol. The van der Waals surface area contributed by atoms with Crippen LogP contribution in [-0.2, 0) is 14.4 Å². The van der Waals surface area contributed by atoms with E-state index in [1.165, 1.54) is 6.21 Å². The number of hydrogen-bond donors (Lipinski definition) is 3. The van der Waals surface area contributed by atoms with Gasteiger partial charge in [0.2, 0.25) is 0 Å². The highest BCUT2D eigenvalue weighted by molar-refractivity contribution is 6.39. The molecule has 11 nitrogen and oxygen atoms in total. The number of nitrogens with one attached hydrogen (secondary N) is 3. The molecule has 0 fully saturated rings. The monoisotopic (exact) mass is 548 g/mol. The average Bonchev–Trinajstić information content (AvgIpc) is 2.95. The Hall–Kier alpha value is -5.06. The van der Waals surface area contributed by atoms with Crippen molar-refractivity contribution in [3.05, 3.63) is 72.3 Å². The van der Waals surface area contributed by atoms with Crippen LogP contribution < -0.4 is 35.0 Å². The minimum absolute atomic E-state index is 0.238. The SMILES string of the molecule is CCOc1ccc(NC(=O)COc2ccc(/C=N\NC(=O)C(=O)Nc3ccccc3OCC)cc2OCC)cc1. The first-order valence-electron chi connectivity index (χ1n) is 12.7. The number of nitrogens with zero attached hydrogens (tertiary/aromatic N) is 1. The van der Waals surface area contributed by atoms with Crippen molar-refractivity contribution in [1.82, 2.24) is 5.43 Å². The number of anilines is 2. The second kappa shape index (κ2) is 15.4. The number of para-hydroxylation sites is 2. The van der Waals surface area contributed by atoms with Crippen LogP contribution in [0.25, 0.3) is 0 Å². The molecule has 0 saturated heterocycles. The van der Waals surface area contributed by atoms with Crippen molar-refractivity contribution in [3.8, 4) is 23.0 Å². The molecule has 3 aromatic rings. The third-order valence-electron chi connectivity index (χ3n) is 5.10. The Bertz CT molecular complexity index is 1330. The summed E-state index contributed by atoms with van der Waals surface area (Å²) in [5.41, 5.74) is 3.74. The van der Waals surface area contributed by atoms with E-state index in [0.717, 1.165) is 0 Å². The van der Waals surface area contributed by atoms with Crippen molar-refractivity contribution in [1.29, 1.82) is 0 Å². The Balaban J connectivity index is 1.54. The van der Waals surface area contributed by atoms with Gasteiger partial charge in [0.15, 0.2) is 18.1 Å². The summed E-state index contributed by atoms with van der Waals surface area (Å²) < 4.78 is 22.1. The molecule has 210 valence electrons. The van der Waals surface area contributed by atoms with Crippen LogP contribution in [-0.4, -0.2) is 50.4 Å². The van der Waals surface area contributed by atoms with Gasteiger partial charge in [-0.15, -0.1) is 0 Å². The summed E-state index contributed by atoms with van der Waals surface area (Å²) in [5.74, 6) is -0.282. The van der Waals surface area contributed by atoms with E-state index in [1.54, 1.807) is 66.7 Å². The van der Waals surface area contributed by atoms with Crippen molar-refractivity contribution in [2.75, 3.05) is 37.1 Å². The van der Waals surface area contributed by atoms with Gasteiger partial charge in [-0.05, 0) is 80.9 Å². The Kier molecular flexibility index (Phi) is 11.3. The Morgan fingerprint density at radius 1 is 0.725 bits per heavy atom. The fourth-order valence-corrected chi connectivity index (χ4v) is 3.38. The minimum atomic E-state index is -0.953. The highest BCUT2D eigenvalue weighted by atomic mass is 16.5. The van der Waals surface area contributed by atoms with Crippen LogP contribution in [0.1, 0.15) is 26.3 Å². The molecule has 0 aliphatic heterocycles. The predicted octanol–water partition coefficient (Wildman–Crippen LogP) is 3.99. The molecule has 0 spiro atoms. The number of hydrazone groups is 1. The van der Waals surface area contributed by atoms with E-state index in [0.29, 0.717) is 59.8 Å². The van der Waals surface area contributed by atoms with Crippen LogP contribution >= 0.6 is 0 Å². The molecule has 11 heteroatoms. The maximum absolute atomic E-state index is 12.4. The fourth-order valence-electron chi connectivity index (χ4n) is 3.38. The molecule has 0 unspecified atom stereocenters. The van der Waals surface area contributed by atoms with Gasteiger partial charge in [-0.25, -0.2) is 5.43 Å². The zero-order chi connectivity index (χ0) is 28.7. The van der Waals surface area contributed by atoms with Crippen LogP contribution in [0.2, 0.25) is 0 Å². The lowest BCUT2D eigenvalue weighted by Gasteiger charge is -2.13. The number of amides is 3. The molecule has 0 aromatic heterocycles. The summed E-state index contributed by atoms with van der Waals surface area (Å²) in [5, 5.41) is 9.10. The number of ether oxygens (including phenoxy) is 4. The molecule has 0 radical (unpaired) electrons. The largest absolute Gasteiger partial charge is 0.494 e. The summed E-state index contributed by atoms with van der Waals surface area (Å²) in [6, 6.07) is 18.7. The van der Waals surface area contributed by atoms with Crippen molar-refractivity contribution in [3.63, 3.8) is 0 Å². The summed E-state index contributed by atoms with van der Waals surface area (Å²) in [6.07, 6.45) is 1.35. The van der Waals surface area contributed by atoms with E-state index < -0.39 is 11.8 Å². The number of carbonyl (C=O) groups excluding carboxylic acids is 3.